The molecule has 1 aliphatic heterocycles. The Kier molecular flexibility index (Phi) is 8.23. The molecule has 14 heteroatoms. The van der Waals surface area contributed by atoms with Crippen LogP contribution in [0.25, 0.3) is 0 Å². The number of rotatable bonds is 8. The van der Waals surface area contributed by atoms with Crippen LogP contribution in [0, 0.1) is 0 Å². The van der Waals surface area contributed by atoms with Gasteiger partial charge in [0.15, 0.2) is 0 Å². The van der Waals surface area contributed by atoms with E-state index >= 15 is 0 Å². The van der Waals surface area contributed by atoms with Crippen LogP contribution in [0.2, 0.25) is 0 Å². The summed E-state index contributed by atoms with van der Waals surface area (Å²) in [6, 6.07) is 9.90. The molecule has 1 fully saturated rings. The molecule has 0 aliphatic carbocycles. The Balaban J connectivity index is 1.92. The second kappa shape index (κ2) is 10.5. The van der Waals surface area contributed by atoms with Crippen LogP contribution in [-0.4, -0.2) is 39.3 Å². The Bertz CT molecular complexity index is 1230. The Morgan fingerprint density at radius 1 is 1.05 bits per heavy atom. The summed E-state index contributed by atoms with van der Waals surface area (Å²) >= 11 is 0. The molecule has 38 heavy (non-hydrogen) atoms. The summed E-state index contributed by atoms with van der Waals surface area (Å²) in [6.45, 7) is 0.878. The number of ether oxygens (including phenoxy) is 1. The zero-order chi connectivity index (χ0) is 28.6. The lowest BCUT2D eigenvalue weighted by Gasteiger charge is -2.46. The van der Waals surface area contributed by atoms with E-state index in [0.717, 1.165) is 6.26 Å². The average Bonchev–Trinajstić information content (AvgIpc) is 2.81. The number of nitrogens with one attached hydrogen (secondary N) is 2. The number of carbonyl (C=O) groups excluding carboxylic acids is 1. The molecule has 3 atom stereocenters. The molecule has 1 aliphatic rings. The quantitative estimate of drug-likeness (QED) is 0.420. The molecule has 4 N–H and O–H groups in total. The van der Waals surface area contributed by atoms with E-state index in [1.165, 1.54) is 6.92 Å². The Morgan fingerprint density at radius 2 is 1.61 bits per heavy atom. The first-order valence-corrected chi connectivity index (χ1v) is 13.3. The second-order valence-electron chi connectivity index (χ2n) is 9.41. The number of hydrogen-bond acceptors (Lipinski definition) is 5. The van der Waals surface area contributed by atoms with E-state index in [4.69, 9.17) is 10.5 Å². The van der Waals surface area contributed by atoms with Gasteiger partial charge in [0.1, 0.15) is 5.54 Å². The number of halogens is 6. The molecule has 0 spiro atoms. The fourth-order valence-electron chi connectivity index (χ4n) is 4.41. The van der Waals surface area contributed by atoms with Crippen molar-refractivity contribution in [2.45, 2.75) is 49.3 Å². The number of carbonyl (C=O) groups is 1. The fourth-order valence-corrected chi connectivity index (χ4v) is 5.40. The van der Waals surface area contributed by atoms with Crippen LogP contribution < -0.4 is 15.8 Å². The van der Waals surface area contributed by atoms with E-state index < -0.39 is 56.6 Å². The number of nitrogens with two attached hydrogens (primary N) is 1. The van der Waals surface area contributed by atoms with Gasteiger partial charge in [0, 0.05) is 6.54 Å². The van der Waals surface area contributed by atoms with Crippen LogP contribution in [0.3, 0.4) is 0 Å². The molecule has 2 aromatic carbocycles. The summed E-state index contributed by atoms with van der Waals surface area (Å²) in [4.78, 5) is 12.2. The highest BCUT2D eigenvalue weighted by Gasteiger charge is 2.48. The monoisotopic (exact) mass is 567 g/mol. The first kappa shape index (κ1) is 29.9. The Morgan fingerprint density at radius 3 is 2.03 bits per heavy atom. The third-order valence-corrected chi connectivity index (χ3v) is 7.31. The molecule has 1 heterocycles. The number of primary amides is 1. The largest absolute Gasteiger partial charge is 0.416 e. The smallest absolute Gasteiger partial charge is 0.372 e. The summed E-state index contributed by atoms with van der Waals surface area (Å²) in [5.74, 6) is -0.907. The number of alkyl halides is 6. The molecule has 0 saturated carbocycles. The molecule has 0 radical (unpaired) electrons. The van der Waals surface area contributed by atoms with Gasteiger partial charge >= 0.3 is 12.4 Å². The summed E-state index contributed by atoms with van der Waals surface area (Å²) in [5.41, 5.74) is 0.246. The minimum absolute atomic E-state index is 0.0442. The molecule has 1 saturated heterocycles. The molecule has 0 aromatic heterocycles. The summed E-state index contributed by atoms with van der Waals surface area (Å²) < 4.78 is 112. The SMILES string of the molecule is C[C@@H](OC[C@@]1(c2ccccc2)CC[C@@](NS(C)(=O)=O)(C(N)=O)CN1)c1cc(C(F)(F)F)cc(C(F)(F)F)c1. The molecule has 0 bridgehead atoms. The summed E-state index contributed by atoms with van der Waals surface area (Å²) in [7, 11) is -3.83. The zero-order valence-corrected chi connectivity index (χ0v) is 21.2. The van der Waals surface area contributed by atoms with E-state index in [2.05, 4.69) is 10.0 Å². The molecule has 210 valence electrons. The Labute approximate surface area is 215 Å². The van der Waals surface area contributed by atoms with E-state index in [1.807, 2.05) is 0 Å². The molecular formula is C24H27F6N3O4S. The zero-order valence-electron chi connectivity index (χ0n) is 20.4. The van der Waals surface area contributed by atoms with Crippen molar-refractivity contribution in [3.8, 4) is 0 Å². The van der Waals surface area contributed by atoms with E-state index in [-0.39, 0.29) is 37.6 Å². The van der Waals surface area contributed by atoms with Crippen molar-refractivity contribution in [3.05, 3.63) is 70.8 Å². The molecule has 1 amide bonds. The normalized spacial score (nSPS) is 23.7. The maximum absolute atomic E-state index is 13.3. The maximum Gasteiger partial charge on any atom is 0.416 e. The van der Waals surface area contributed by atoms with Crippen LogP contribution >= 0.6 is 0 Å². The van der Waals surface area contributed by atoms with Gasteiger partial charge in [-0.05, 0) is 49.1 Å². The van der Waals surface area contributed by atoms with Crippen LogP contribution in [0.1, 0.15) is 48.1 Å². The van der Waals surface area contributed by atoms with Gasteiger partial charge < -0.3 is 15.8 Å². The summed E-state index contributed by atoms with van der Waals surface area (Å²) in [6.07, 6.45) is -10.3. The van der Waals surface area contributed by atoms with E-state index in [1.54, 1.807) is 30.3 Å². The van der Waals surface area contributed by atoms with Crippen molar-refractivity contribution in [2.24, 2.45) is 5.73 Å². The first-order chi connectivity index (χ1) is 17.4. The van der Waals surface area contributed by atoms with Gasteiger partial charge in [0.05, 0.1) is 35.6 Å². The lowest BCUT2D eigenvalue weighted by molar-refractivity contribution is -0.143. The lowest BCUT2D eigenvalue weighted by atomic mass is 9.76. The van der Waals surface area contributed by atoms with Gasteiger partial charge in [-0.3, -0.25) is 4.79 Å². The predicted octanol–water partition coefficient (Wildman–Crippen LogP) is 3.85. The highest BCUT2D eigenvalue weighted by Crippen LogP contribution is 2.39. The average molecular weight is 568 g/mol. The van der Waals surface area contributed by atoms with Crippen LogP contribution in [0.15, 0.2) is 48.5 Å². The standard InChI is InChI=1S/C24H27F6N3O4S/c1-15(16-10-18(23(25,26)27)12-19(11-16)24(28,29)30)37-14-22(17-6-4-3-5-7-17)9-8-21(13-32-22,20(31)34)33-38(2,35)36/h3-7,10-12,15,32-33H,8-9,13-14H2,1-2H3,(H2,31,34)/t15-,21+,22-/m1/s1. The minimum atomic E-state index is -5.00. The first-order valence-electron chi connectivity index (χ1n) is 11.4. The van der Waals surface area contributed by atoms with Crippen molar-refractivity contribution in [1.29, 1.82) is 0 Å². The highest BCUT2D eigenvalue weighted by molar-refractivity contribution is 7.88. The van der Waals surface area contributed by atoms with Crippen molar-refractivity contribution in [3.63, 3.8) is 0 Å². The fraction of sp³-hybridized carbons (Fsp3) is 0.458. The molecule has 3 rings (SSSR count). The van der Waals surface area contributed by atoms with Crippen molar-refractivity contribution < 1.29 is 44.3 Å². The third kappa shape index (κ3) is 6.84. The van der Waals surface area contributed by atoms with Crippen molar-refractivity contribution in [1.82, 2.24) is 10.0 Å². The van der Waals surface area contributed by atoms with Gasteiger partial charge in [0.2, 0.25) is 15.9 Å². The van der Waals surface area contributed by atoms with Gasteiger partial charge in [-0.25, -0.2) is 8.42 Å². The van der Waals surface area contributed by atoms with Crippen molar-refractivity contribution in [2.75, 3.05) is 19.4 Å². The second-order valence-corrected chi connectivity index (χ2v) is 11.2. The van der Waals surface area contributed by atoms with Crippen LogP contribution in [0.5, 0.6) is 0 Å². The summed E-state index contributed by atoms with van der Waals surface area (Å²) in [5, 5.41) is 3.11. The van der Waals surface area contributed by atoms with Crippen molar-refractivity contribution >= 4 is 15.9 Å². The third-order valence-electron chi connectivity index (χ3n) is 6.55. The maximum atomic E-state index is 13.3. The predicted molar refractivity (Wildman–Crippen MR) is 126 cm³/mol. The lowest BCUT2D eigenvalue weighted by Crippen LogP contribution is -2.69. The molecule has 2 aromatic rings. The number of hydrogen-bond donors (Lipinski definition) is 3. The number of amides is 1. The highest BCUT2D eigenvalue weighted by atomic mass is 32.2. The molecule has 7 nitrogen and oxygen atoms in total. The molecular weight excluding hydrogens is 540 g/mol. The number of benzene rings is 2. The van der Waals surface area contributed by atoms with Gasteiger partial charge in [-0.2, -0.15) is 31.1 Å². The molecule has 0 unspecified atom stereocenters. The number of sulfonamides is 1. The van der Waals surface area contributed by atoms with Gasteiger partial charge in [-0.15, -0.1) is 0 Å². The van der Waals surface area contributed by atoms with Gasteiger partial charge in [-0.1, -0.05) is 30.3 Å². The van der Waals surface area contributed by atoms with E-state index in [9.17, 15) is 39.6 Å². The number of piperidine rings is 1. The minimum Gasteiger partial charge on any atom is -0.372 e. The van der Waals surface area contributed by atoms with Gasteiger partial charge in [0.25, 0.3) is 0 Å². The topological polar surface area (TPSA) is 111 Å². The van der Waals surface area contributed by atoms with E-state index in [0.29, 0.717) is 17.7 Å². The Hall–Kier alpha value is -2.68. The van der Waals surface area contributed by atoms with Crippen LogP contribution in [0.4, 0.5) is 26.3 Å². The van der Waals surface area contributed by atoms with Crippen LogP contribution in [-0.2, 0) is 37.4 Å².